The minimum atomic E-state index is -0.0254. The number of hydrogen-bond donors (Lipinski definition) is 1. The maximum Gasteiger partial charge on any atom is 0.211 e. The summed E-state index contributed by atoms with van der Waals surface area (Å²) in [5.74, 6) is -0.0254. The number of rotatable bonds is 0. The average molecular weight is 170 g/mol. The summed E-state index contributed by atoms with van der Waals surface area (Å²) < 4.78 is 0. The molecule has 1 aromatic heterocycles. The number of hydrogen-bond acceptors (Lipinski definition) is 3. The average Bonchev–Trinajstić information content (AvgIpc) is 2.16. The van der Waals surface area contributed by atoms with Gasteiger partial charge in [0.15, 0.2) is 0 Å². The van der Waals surface area contributed by atoms with Crippen LogP contribution in [0.4, 0.5) is 0 Å². The second kappa shape index (κ2) is 2.76. The zero-order valence-electron chi connectivity index (χ0n) is 6.73. The van der Waals surface area contributed by atoms with Crippen LogP contribution in [0, 0.1) is 11.3 Å². The molecule has 2 aromatic rings. The van der Waals surface area contributed by atoms with Crippen molar-refractivity contribution in [2.24, 2.45) is 0 Å². The fourth-order valence-electron chi connectivity index (χ4n) is 1.26. The van der Waals surface area contributed by atoms with Crippen LogP contribution in [0.1, 0.15) is 5.56 Å². The van der Waals surface area contributed by atoms with E-state index in [9.17, 15) is 0 Å². The number of aromatic nitrogens is 1. The molecule has 0 radical (unpaired) electrons. The molecule has 0 aliphatic carbocycles. The Balaban J connectivity index is 2.87. The van der Waals surface area contributed by atoms with Crippen LogP contribution in [-0.2, 0) is 0 Å². The van der Waals surface area contributed by atoms with Gasteiger partial charge in [-0.15, -0.1) is 0 Å². The highest BCUT2D eigenvalue weighted by molar-refractivity contribution is 5.87. The highest BCUT2D eigenvalue weighted by Crippen LogP contribution is 2.19. The van der Waals surface area contributed by atoms with Crippen LogP contribution in [0.5, 0.6) is 5.88 Å². The molecule has 0 aliphatic rings. The molecular weight excluding hydrogens is 164 g/mol. The van der Waals surface area contributed by atoms with Gasteiger partial charge >= 0.3 is 0 Å². The number of nitriles is 1. The largest absolute Gasteiger partial charge is 0.493 e. The highest BCUT2D eigenvalue weighted by atomic mass is 16.3. The number of pyridine rings is 1. The molecule has 3 heteroatoms. The van der Waals surface area contributed by atoms with Gasteiger partial charge < -0.3 is 5.11 Å². The van der Waals surface area contributed by atoms with Crippen LogP contribution in [0.25, 0.3) is 10.8 Å². The molecule has 0 aliphatic heterocycles. The van der Waals surface area contributed by atoms with E-state index in [1.807, 2.05) is 6.07 Å². The third-order valence-corrected chi connectivity index (χ3v) is 1.87. The maximum atomic E-state index is 9.10. The molecule has 0 amide bonds. The van der Waals surface area contributed by atoms with Crippen molar-refractivity contribution in [3.05, 3.63) is 36.0 Å². The second-order valence-corrected chi connectivity index (χ2v) is 2.68. The van der Waals surface area contributed by atoms with E-state index < -0.39 is 0 Å². The van der Waals surface area contributed by atoms with Gasteiger partial charge in [0.25, 0.3) is 0 Å². The highest BCUT2D eigenvalue weighted by Gasteiger charge is 2.00. The summed E-state index contributed by atoms with van der Waals surface area (Å²) in [6.45, 7) is 0. The summed E-state index contributed by atoms with van der Waals surface area (Å²) in [5.41, 5.74) is 0.574. The predicted octanol–water partition coefficient (Wildman–Crippen LogP) is 1.81. The third kappa shape index (κ3) is 1.18. The minimum Gasteiger partial charge on any atom is -0.493 e. The van der Waals surface area contributed by atoms with E-state index in [1.54, 1.807) is 12.1 Å². The van der Waals surface area contributed by atoms with Crippen LogP contribution >= 0.6 is 0 Å². The van der Waals surface area contributed by atoms with Crippen molar-refractivity contribution in [3.8, 4) is 11.9 Å². The van der Waals surface area contributed by atoms with Crippen molar-refractivity contribution in [2.45, 2.75) is 0 Å². The number of aromatic hydroxyl groups is 1. The van der Waals surface area contributed by atoms with Gasteiger partial charge in [-0.05, 0) is 11.5 Å². The van der Waals surface area contributed by atoms with Crippen molar-refractivity contribution in [2.75, 3.05) is 0 Å². The zero-order chi connectivity index (χ0) is 9.26. The molecule has 0 saturated heterocycles. The van der Waals surface area contributed by atoms with E-state index >= 15 is 0 Å². The van der Waals surface area contributed by atoms with Gasteiger partial charge in [-0.2, -0.15) is 5.26 Å². The summed E-state index contributed by atoms with van der Waals surface area (Å²) in [4.78, 5) is 3.72. The molecule has 0 fully saturated rings. The molecule has 0 unspecified atom stereocenters. The summed E-state index contributed by atoms with van der Waals surface area (Å²) in [6, 6.07) is 8.94. The van der Waals surface area contributed by atoms with Crippen LogP contribution in [0.3, 0.4) is 0 Å². The van der Waals surface area contributed by atoms with E-state index in [2.05, 4.69) is 11.1 Å². The van der Waals surface area contributed by atoms with Crippen molar-refractivity contribution in [1.82, 2.24) is 4.98 Å². The molecule has 0 saturated carbocycles. The van der Waals surface area contributed by atoms with Gasteiger partial charge in [0.1, 0.15) is 0 Å². The molecule has 3 nitrogen and oxygen atoms in total. The van der Waals surface area contributed by atoms with Gasteiger partial charge in [0, 0.05) is 17.6 Å². The fourth-order valence-corrected chi connectivity index (χ4v) is 1.26. The van der Waals surface area contributed by atoms with Crippen LogP contribution in [-0.4, -0.2) is 10.1 Å². The van der Waals surface area contributed by atoms with Crippen LogP contribution < -0.4 is 0 Å². The minimum absolute atomic E-state index is 0.0254. The quantitative estimate of drug-likeness (QED) is 0.656. The molecule has 13 heavy (non-hydrogen) atoms. The molecule has 1 aromatic carbocycles. The molecule has 2 rings (SSSR count). The Labute approximate surface area is 74.9 Å². The standard InChI is InChI=1S/C10H6N2O/c11-5-8-3-1-2-7-4-10(13)12-6-9(7)8/h1-4,6H,(H,12,13). The monoisotopic (exact) mass is 170 g/mol. The molecular formula is C10H6N2O. The first-order chi connectivity index (χ1) is 6.31. The lowest BCUT2D eigenvalue weighted by atomic mass is 10.1. The maximum absolute atomic E-state index is 9.10. The summed E-state index contributed by atoms with van der Waals surface area (Å²) in [7, 11) is 0. The molecule has 1 N–H and O–H groups in total. The topological polar surface area (TPSA) is 56.9 Å². The Morgan fingerprint density at radius 3 is 3.00 bits per heavy atom. The first-order valence-corrected chi connectivity index (χ1v) is 3.79. The van der Waals surface area contributed by atoms with Gasteiger partial charge in [0.05, 0.1) is 11.6 Å². The lowest BCUT2D eigenvalue weighted by Crippen LogP contribution is -1.81. The Morgan fingerprint density at radius 2 is 2.23 bits per heavy atom. The van der Waals surface area contributed by atoms with Crippen molar-refractivity contribution in [1.29, 1.82) is 5.26 Å². The number of benzene rings is 1. The smallest absolute Gasteiger partial charge is 0.211 e. The lowest BCUT2D eigenvalue weighted by Gasteiger charge is -1.98. The van der Waals surface area contributed by atoms with Crippen LogP contribution in [0.15, 0.2) is 30.5 Å². The zero-order valence-corrected chi connectivity index (χ0v) is 6.73. The molecule has 62 valence electrons. The van der Waals surface area contributed by atoms with E-state index in [1.165, 1.54) is 12.3 Å². The van der Waals surface area contributed by atoms with E-state index in [4.69, 9.17) is 10.4 Å². The molecule has 0 bridgehead atoms. The fraction of sp³-hybridized carbons (Fsp3) is 0. The van der Waals surface area contributed by atoms with E-state index in [0.717, 1.165) is 10.8 Å². The summed E-state index contributed by atoms with van der Waals surface area (Å²) in [5, 5.41) is 19.5. The Bertz CT molecular complexity index is 500. The summed E-state index contributed by atoms with van der Waals surface area (Å²) >= 11 is 0. The first-order valence-electron chi connectivity index (χ1n) is 3.79. The molecule has 1 heterocycles. The van der Waals surface area contributed by atoms with Crippen molar-refractivity contribution < 1.29 is 5.11 Å². The van der Waals surface area contributed by atoms with Gasteiger partial charge in [-0.3, -0.25) is 0 Å². The predicted molar refractivity (Wildman–Crippen MR) is 48.1 cm³/mol. The Kier molecular flexibility index (Phi) is 1.60. The third-order valence-electron chi connectivity index (χ3n) is 1.87. The van der Waals surface area contributed by atoms with Crippen molar-refractivity contribution in [3.63, 3.8) is 0 Å². The number of fused-ring (bicyclic) bond motifs is 1. The first kappa shape index (κ1) is 7.56. The lowest BCUT2D eigenvalue weighted by molar-refractivity contribution is 0.454. The molecule has 0 spiro atoms. The van der Waals surface area contributed by atoms with Gasteiger partial charge in [-0.25, -0.2) is 4.98 Å². The SMILES string of the molecule is N#Cc1cccc2cc(O)ncc12. The van der Waals surface area contributed by atoms with Crippen LogP contribution in [0.2, 0.25) is 0 Å². The Hall–Kier alpha value is -2.08. The number of nitrogens with zero attached hydrogens (tertiary/aromatic N) is 2. The van der Waals surface area contributed by atoms with Crippen molar-refractivity contribution >= 4 is 10.8 Å². The Morgan fingerprint density at radius 1 is 1.38 bits per heavy atom. The normalized spacial score (nSPS) is 9.77. The second-order valence-electron chi connectivity index (χ2n) is 2.68. The van der Waals surface area contributed by atoms with Gasteiger partial charge in [-0.1, -0.05) is 12.1 Å². The molecule has 0 atom stereocenters. The van der Waals surface area contributed by atoms with Gasteiger partial charge in [0.2, 0.25) is 5.88 Å². The summed E-state index contributed by atoms with van der Waals surface area (Å²) in [6.07, 6.45) is 1.50. The van der Waals surface area contributed by atoms with E-state index in [0.29, 0.717) is 5.56 Å². The van der Waals surface area contributed by atoms with E-state index in [-0.39, 0.29) is 5.88 Å².